The van der Waals surface area contributed by atoms with E-state index in [0.717, 1.165) is 32.5 Å². The molecule has 2 aromatic carbocycles. The highest BCUT2D eigenvalue weighted by molar-refractivity contribution is 9.10. The first-order valence-corrected chi connectivity index (χ1v) is 10.8. The van der Waals surface area contributed by atoms with Gasteiger partial charge in [0.25, 0.3) is 0 Å². The van der Waals surface area contributed by atoms with Gasteiger partial charge in [-0.15, -0.1) is 0 Å². The number of nitrogens with zero attached hydrogens (tertiary/aromatic N) is 2. The Kier molecular flexibility index (Phi) is 4.90. The molecule has 31 heavy (non-hydrogen) atoms. The van der Waals surface area contributed by atoms with Crippen LogP contribution in [0.3, 0.4) is 0 Å². The Morgan fingerprint density at radius 2 is 1.94 bits per heavy atom. The number of ether oxygens (including phenoxy) is 1. The van der Waals surface area contributed by atoms with Crippen molar-refractivity contribution in [1.29, 1.82) is 0 Å². The molecule has 0 saturated heterocycles. The number of benzene rings is 2. The van der Waals surface area contributed by atoms with Crippen LogP contribution in [0.5, 0.6) is 0 Å². The van der Waals surface area contributed by atoms with Gasteiger partial charge in [-0.25, -0.2) is 9.78 Å². The van der Waals surface area contributed by atoms with Crippen molar-refractivity contribution in [2.24, 2.45) is 0 Å². The number of para-hydroxylation sites is 2. The van der Waals surface area contributed by atoms with Gasteiger partial charge in [0.15, 0.2) is 0 Å². The van der Waals surface area contributed by atoms with Crippen LogP contribution in [-0.4, -0.2) is 22.1 Å². The third-order valence-electron chi connectivity index (χ3n) is 5.38. The van der Waals surface area contributed by atoms with Crippen LogP contribution < -0.4 is 5.32 Å². The van der Waals surface area contributed by atoms with Crippen LogP contribution in [0.25, 0.3) is 28.1 Å². The van der Waals surface area contributed by atoms with Gasteiger partial charge in [-0.05, 0) is 50.2 Å². The van der Waals surface area contributed by atoms with Crippen molar-refractivity contribution < 1.29 is 13.9 Å². The Balaban J connectivity index is 1.62. The zero-order valence-corrected chi connectivity index (χ0v) is 18.6. The predicted molar refractivity (Wildman–Crippen MR) is 123 cm³/mol. The highest BCUT2D eigenvalue weighted by Crippen LogP contribution is 2.40. The van der Waals surface area contributed by atoms with E-state index in [4.69, 9.17) is 14.1 Å². The summed E-state index contributed by atoms with van der Waals surface area (Å²) in [5.74, 6) is 1.64. The molecule has 2 aromatic heterocycles. The maximum absolute atomic E-state index is 13.0. The fourth-order valence-electron chi connectivity index (χ4n) is 3.96. The number of anilines is 1. The number of imidazole rings is 1. The van der Waals surface area contributed by atoms with Gasteiger partial charge in [0.1, 0.15) is 17.6 Å². The molecular formula is C24H20BrN3O3. The summed E-state index contributed by atoms with van der Waals surface area (Å²) in [5.41, 5.74) is 4.01. The average Bonchev–Trinajstić information content (AvgIpc) is 3.39. The van der Waals surface area contributed by atoms with Gasteiger partial charge in [0.2, 0.25) is 5.95 Å². The summed E-state index contributed by atoms with van der Waals surface area (Å²) in [6.07, 6.45) is 0. The minimum Gasteiger partial charge on any atom is -0.463 e. The van der Waals surface area contributed by atoms with Gasteiger partial charge < -0.3 is 14.5 Å². The van der Waals surface area contributed by atoms with Gasteiger partial charge in [0, 0.05) is 15.7 Å². The summed E-state index contributed by atoms with van der Waals surface area (Å²) in [7, 11) is 0. The fraction of sp³-hybridized carbons (Fsp3) is 0.167. The van der Waals surface area contributed by atoms with E-state index in [1.165, 1.54) is 0 Å². The van der Waals surface area contributed by atoms with Gasteiger partial charge in [-0.3, -0.25) is 4.57 Å². The summed E-state index contributed by atoms with van der Waals surface area (Å²) >= 11 is 3.45. The lowest BCUT2D eigenvalue weighted by molar-refractivity contribution is -0.138. The molecular weight excluding hydrogens is 458 g/mol. The molecule has 1 atom stereocenters. The van der Waals surface area contributed by atoms with E-state index in [9.17, 15) is 4.79 Å². The fourth-order valence-corrected chi connectivity index (χ4v) is 4.22. The highest BCUT2D eigenvalue weighted by atomic mass is 79.9. The Bertz CT molecular complexity index is 1320. The van der Waals surface area contributed by atoms with Crippen molar-refractivity contribution in [3.8, 4) is 11.3 Å². The van der Waals surface area contributed by atoms with Crippen LogP contribution in [0.2, 0.25) is 0 Å². The van der Waals surface area contributed by atoms with Crippen molar-refractivity contribution in [1.82, 2.24) is 9.55 Å². The summed E-state index contributed by atoms with van der Waals surface area (Å²) in [6, 6.07) is 19.0. The number of fused-ring (bicyclic) bond motifs is 3. The maximum Gasteiger partial charge on any atom is 0.338 e. The Hall–Kier alpha value is -3.32. The average molecular weight is 478 g/mol. The standard InChI is InChI=1S/C24H20BrN3O3/c1-3-30-23(29)21-14(2)28-18-7-5-4-6-17(18)26-24(28)27-22(21)20-13-12-19(31-20)15-8-10-16(25)11-9-15/h4-13,22H,3H2,1-2H3,(H,26,27). The van der Waals surface area contributed by atoms with Crippen molar-refractivity contribution >= 4 is 44.6 Å². The van der Waals surface area contributed by atoms with E-state index < -0.39 is 6.04 Å². The van der Waals surface area contributed by atoms with Gasteiger partial charge in [-0.2, -0.15) is 0 Å². The second-order valence-corrected chi connectivity index (χ2v) is 8.18. The van der Waals surface area contributed by atoms with Crippen LogP contribution in [0, 0.1) is 0 Å². The number of nitrogens with one attached hydrogen (secondary N) is 1. The molecule has 0 amide bonds. The van der Waals surface area contributed by atoms with E-state index in [1.54, 1.807) is 6.92 Å². The normalized spacial score (nSPS) is 15.6. The summed E-state index contributed by atoms with van der Waals surface area (Å²) in [5, 5.41) is 3.39. The van der Waals surface area contributed by atoms with Crippen LogP contribution in [0.1, 0.15) is 25.6 Å². The first-order valence-electron chi connectivity index (χ1n) is 10.0. The number of aromatic nitrogens is 2. The number of carbonyl (C=O) groups is 1. The Labute approximate surface area is 187 Å². The summed E-state index contributed by atoms with van der Waals surface area (Å²) in [4.78, 5) is 17.7. The van der Waals surface area contributed by atoms with Crippen molar-refractivity contribution in [2.45, 2.75) is 19.9 Å². The molecule has 5 rings (SSSR count). The molecule has 0 aliphatic carbocycles. The molecule has 0 spiro atoms. The molecule has 6 nitrogen and oxygen atoms in total. The number of hydrogen-bond donors (Lipinski definition) is 1. The topological polar surface area (TPSA) is 69.3 Å². The van der Waals surface area contributed by atoms with Gasteiger partial charge >= 0.3 is 5.97 Å². The molecule has 156 valence electrons. The SMILES string of the molecule is CCOC(=O)C1=C(C)n2c(nc3ccccc32)NC1c1ccc(-c2ccc(Br)cc2)o1. The molecule has 1 aliphatic heterocycles. The van der Waals surface area contributed by atoms with E-state index in [2.05, 4.69) is 21.2 Å². The Morgan fingerprint density at radius 3 is 2.71 bits per heavy atom. The first-order chi connectivity index (χ1) is 15.1. The molecule has 4 aromatic rings. The van der Waals surface area contributed by atoms with Crippen molar-refractivity contribution in [2.75, 3.05) is 11.9 Å². The predicted octanol–water partition coefficient (Wildman–Crippen LogP) is 6.02. The molecule has 7 heteroatoms. The third-order valence-corrected chi connectivity index (χ3v) is 5.91. The first kappa shape index (κ1) is 19.6. The van der Waals surface area contributed by atoms with Crippen LogP contribution in [0.4, 0.5) is 5.95 Å². The lowest BCUT2D eigenvalue weighted by Crippen LogP contribution is -2.28. The highest BCUT2D eigenvalue weighted by Gasteiger charge is 2.35. The molecule has 0 fully saturated rings. The Morgan fingerprint density at radius 1 is 1.16 bits per heavy atom. The zero-order valence-electron chi connectivity index (χ0n) is 17.1. The minimum atomic E-state index is -0.507. The smallest absolute Gasteiger partial charge is 0.338 e. The number of allylic oxidation sites excluding steroid dienone is 1. The number of halogens is 1. The van der Waals surface area contributed by atoms with Crippen molar-refractivity contribution in [3.63, 3.8) is 0 Å². The monoisotopic (exact) mass is 477 g/mol. The van der Waals surface area contributed by atoms with E-state index in [-0.39, 0.29) is 5.97 Å². The van der Waals surface area contributed by atoms with Gasteiger partial charge in [0.05, 0.1) is 23.2 Å². The number of hydrogen-bond acceptors (Lipinski definition) is 5. The summed E-state index contributed by atoms with van der Waals surface area (Å²) < 4.78 is 14.5. The van der Waals surface area contributed by atoms with Crippen LogP contribution in [-0.2, 0) is 9.53 Å². The molecule has 1 N–H and O–H groups in total. The minimum absolute atomic E-state index is 0.294. The van der Waals surface area contributed by atoms with E-state index in [1.807, 2.05) is 72.2 Å². The third kappa shape index (κ3) is 3.35. The molecule has 0 bridgehead atoms. The second kappa shape index (κ2) is 7.74. The lowest BCUT2D eigenvalue weighted by Gasteiger charge is -2.27. The molecule has 3 heterocycles. The molecule has 0 radical (unpaired) electrons. The molecule has 1 unspecified atom stereocenters. The number of esters is 1. The number of carbonyl (C=O) groups excluding carboxylic acids is 1. The van der Waals surface area contributed by atoms with E-state index in [0.29, 0.717) is 23.9 Å². The lowest BCUT2D eigenvalue weighted by atomic mass is 10.0. The maximum atomic E-state index is 13.0. The van der Waals surface area contributed by atoms with Gasteiger partial charge in [-0.1, -0.05) is 40.2 Å². The van der Waals surface area contributed by atoms with Crippen LogP contribution in [0.15, 0.2) is 75.1 Å². The van der Waals surface area contributed by atoms with E-state index >= 15 is 0 Å². The van der Waals surface area contributed by atoms with Crippen LogP contribution >= 0.6 is 15.9 Å². The molecule has 0 saturated carbocycles. The van der Waals surface area contributed by atoms with Crippen molar-refractivity contribution in [3.05, 3.63) is 76.5 Å². The summed E-state index contributed by atoms with van der Waals surface area (Å²) in [6.45, 7) is 4.01. The molecule has 1 aliphatic rings. The number of furan rings is 1. The zero-order chi connectivity index (χ0) is 21.5. The quantitative estimate of drug-likeness (QED) is 0.364. The second-order valence-electron chi connectivity index (χ2n) is 7.27. The number of rotatable bonds is 4. The largest absolute Gasteiger partial charge is 0.463 e.